The van der Waals surface area contributed by atoms with E-state index in [1.807, 2.05) is 0 Å². The van der Waals surface area contributed by atoms with Crippen LogP contribution in [0.3, 0.4) is 0 Å². The van der Waals surface area contributed by atoms with Gasteiger partial charge in [-0.2, -0.15) is 0 Å². The van der Waals surface area contributed by atoms with E-state index in [1.165, 1.54) is 0 Å². The summed E-state index contributed by atoms with van der Waals surface area (Å²) in [6.07, 6.45) is -4.54. The molecule has 1 fully saturated rings. The molecule has 1 rings (SSSR count). The molecular formula is C8H15N3O5. The number of rotatable bonds is 4. The summed E-state index contributed by atoms with van der Waals surface area (Å²) in [5.41, 5.74) is 8.34. The van der Waals surface area contributed by atoms with E-state index in [1.54, 1.807) is 6.92 Å². The SMILES string of the molecule is CCO[C@@H]1OC(CO)[C@@H](O)[C@H](O)C1N=[N+]=[N-]. The van der Waals surface area contributed by atoms with Crippen molar-refractivity contribution in [2.45, 2.75) is 37.6 Å². The zero-order chi connectivity index (χ0) is 12.1. The minimum Gasteiger partial charge on any atom is -0.394 e. The van der Waals surface area contributed by atoms with Crippen LogP contribution in [0.15, 0.2) is 5.11 Å². The van der Waals surface area contributed by atoms with Gasteiger partial charge in [0.05, 0.1) is 12.7 Å². The van der Waals surface area contributed by atoms with Crippen molar-refractivity contribution in [3.8, 4) is 0 Å². The van der Waals surface area contributed by atoms with Crippen LogP contribution in [0.5, 0.6) is 0 Å². The van der Waals surface area contributed by atoms with E-state index >= 15 is 0 Å². The van der Waals surface area contributed by atoms with Crippen molar-refractivity contribution in [2.24, 2.45) is 5.11 Å². The van der Waals surface area contributed by atoms with Gasteiger partial charge in [0.2, 0.25) is 0 Å². The first-order valence-corrected chi connectivity index (χ1v) is 4.94. The maximum Gasteiger partial charge on any atom is 0.169 e. The minimum atomic E-state index is -1.32. The number of hydrogen-bond donors (Lipinski definition) is 3. The largest absolute Gasteiger partial charge is 0.394 e. The van der Waals surface area contributed by atoms with Crippen molar-refractivity contribution in [2.75, 3.05) is 13.2 Å². The van der Waals surface area contributed by atoms with Crippen molar-refractivity contribution in [1.29, 1.82) is 0 Å². The molecule has 0 aromatic carbocycles. The molecule has 0 aromatic rings. The molecule has 2 unspecified atom stereocenters. The van der Waals surface area contributed by atoms with Gasteiger partial charge in [-0.05, 0) is 12.5 Å². The van der Waals surface area contributed by atoms with Crippen molar-refractivity contribution in [3.05, 3.63) is 10.4 Å². The van der Waals surface area contributed by atoms with Crippen molar-refractivity contribution in [3.63, 3.8) is 0 Å². The number of ether oxygens (including phenoxy) is 2. The summed E-state index contributed by atoms with van der Waals surface area (Å²) in [6, 6.07) is -1.03. The molecule has 1 aliphatic heterocycles. The summed E-state index contributed by atoms with van der Waals surface area (Å²) in [5, 5.41) is 31.5. The fraction of sp³-hybridized carbons (Fsp3) is 1.00. The van der Waals surface area contributed by atoms with Gasteiger partial charge in [0.15, 0.2) is 6.29 Å². The van der Waals surface area contributed by atoms with Crippen LogP contribution in [0.2, 0.25) is 0 Å². The predicted octanol–water partition coefficient (Wildman–Crippen LogP) is -0.859. The summed E-state index contributed by atoms with van der Waals surface area (Å²) in [5.74, 6) is 0. The summed E-state index contributed by atoms with van der Waals surface area (Å²) < 4.78 is 10.3. The lowest BCUT2D eigenvalue weighted by molar-refractivity contribution is -0.264. The fourth-order valence-electron chi connectivity index (χ4n) is 1.55. The van der Waals surface area contributed by atoms with Gasteiger partial charge in [-0.3, -0.25) is 0 Å². The van der Waals surface area contributed by atoms with Gasteiger partial charge in [-0.1, -0.05) is 5.11 Å². The Hall–Kier alpha value is -0.890. The second kappa shape index (κ2) is 6.00. The highest BCUT2D eigenvalue weighted by Crippen LogP contribution is 2.24. The van der Waals surface area contributed by atoms with Gasteiger partial charge in [0, 0.05) is 11.5 Å². The van der Waals surface area contributed by atoms with Crippen molar-refractivity contribution in [1.82, 2.24) is 0 Å². The molecule has 0 aliphatic carbocycles. The van der Waals surface area contributed by atoms with Gasteiger partial charge in [-0.15, -0.1) is 0 Å². The summed E-state index contributed by atoms with van der Waals surface area (Å²) in [6.45, 7) is 1.55. The molecule has 0 radical (unpaired) electrons. The lowest BCUT2D eigenvalue weighted by Crippen LogP contribution is -2.58. The maximum absolute atomic E-state index is 9.68. The fourth-order valence-corrected chi connectivity index (χ4v) is 1.55. The third-order valence-electron chi connectivity index (χ3n) is 2.36. The Morgan fingerprint density at radius 3 is 2.62 bits per heavy atom. The molecule has 16 heavy (non-hydrogen) atoms. The molecule has 0 amide bonds. The number of nitrogens with zero attached hydrogens (tertiary/aromatic N) is 3. The molecule has 92 valence electrons. The van der Waals surface area contributed by atoms with Gasteiger partial charge in [0.25, 0.3) is 0 Å². The first-order chi connectivity index (χ1) is 7.65. The van der Waals surface area contributed by atoms with Crippen LogP contribution in [0.25, 0.3) is 10.4 Å². The molecule has 1 saturated heterocycles. The molecule has 1 heterocycles. The third kappa shape index (κ3) is 2.62. The Kier molecular flexibility index (Phi) is 4.94. The second-order valence-corrected chi connectivity index (χ2v) is 3.36. The van der Waals surface area contributed by atoms with Crippen LogP contribution in [0.1, 0.15) is 6.92 Å². The third-order valence-corrected chi connectivity index (χ3v) is 2.36. The monoisotopic (exact) mass is 233 g/mol. The van der Waals surface area contributed by atoms with Crippen LogP contribution in [0.4, 0.5) is 0 Å². The van der Waals surface area contributed by atoms with E-state index in [0.717, 1.165) is 0 Å². The van der Waals surface area contributed by atoms with E-state index in [-0.39, 0.29) is 0 Å². The lowest BCUT2D eigenvalue weighted by atomic mass is 9.98. The Labute approximate surface area is 92.0 Å². The number of azide groups is 1. The Bertz CT molecular complexity index is 270. The molecule has 5 atom stereocenters. The Morgan fingerprint density at radius 1 is 1.44 bits per heavy atom. The number of aliphatic hydroxyl groups is 3. The van der Waals surface area contributed by atoms with E-state index in [4.69, 9.17) is 20.1 Å². The summed E-state index contributed by atoms with van der Waals surface area (Å²) in [4.78, 5) is 2.56. The molecular weight excluding hydrogens is 218 g/mol. The van der Waals surface area contributed by atoms with E-state index in [2.05, 4.69) is 10.0 Å². The molecule has 0 aromatic heterocycles. The highest BCUT2D eigenvalue weighted by atomic mass is 16.7. The minimum absolute atomic E-state index is 0.295. The van der Waals surface area contributed by atoms with Crippen LogP contribution in [-0.4, -0.2) is 59.2 Å². The van der Waals surface area contributed by atoms with Crippen LogP contribution < -0.4 is 0 Å². The van der Waals surface area contributed by atoms with Gasteiger partial charge >= 0.3 is 0 Å². The highest BCUT2D eigenvalue weighted by Gasteiger charge is 2.44. The van der Waals surface area contributed by atoms with Crippen LogP contribution >= 0.6 is 0 Å². The smallest absolute Gasteiger partial charge is 0.169 e. The van der Waals surface area contributed by atoms with Crippen molar-refractivity contribution < 1.29 is 24.8 Å². The molecule has 8 nitrogen and oxygen atoms in total. The maximum atomic E-state index is 9.68. The zero-order valence-corrected chi connectivity index (χ0v) is 8.80. The average Bonchev–Trinajstić information content (AvgIpc) is 2.28. The lowest BCUT2D eigenvalue weighted by Gasteiger charge is -2.39. The van der Waals surface area contributed by atoms with Gasteiger partial charge < -0.3 is 24.8 Å². The predicted molar refractivity (Wildman–Crippen MR) is 52.3 cm³/mol. The first-order valence-electron chi connectivity index (χ1n) is 4.94. The molecule has 1 aliphatic rings. The normalized spacial score (nSPS) is 39.1. The van der Waals surface area contributed by atoms with Gasteiger partial charge in [-0.25, -0.2) is 0 Å². The summed E-state index contributed by atoms with van der Waals surface area (Å²) >= 11 is 0. The van der Waals surface area contributed by atoms with E-state index < -0.39 is 37.3 Å². The number of aliphatic hydroxyl groups excluding tert-OH is 3. The molecule has 0 bridgehead atoms. The van der Waals surface area contributed by atoms with Crippen LogP contribution in [0, 0.1) is 0 Å². The summed E-state index contributed by atoms with van der Waals surface area (Å²) in [7, 11) is 0. The average molecular weight is 233 g/mol. The molecule has 0 saturated carbocycles. The molecule has 0 spiro atoms. The zero-order valence-electron chi connectivity index (χ0n) is 8.80. The topological polar surface area (TPSA) is 128 Å². The Morgan fingerprint density at radius 2 is 2.12 bits per heavy atom. The standard InChI is InChI=1S/C8H15N3O5/c1-2-15-8-5(10-11-9)7(14)6(13)4(3-12)16-8/h4-8,12-14H,2-3H2,1H3/t4?,5?,6-,7-,8-/m1/s1. The quantitative estimate of drug-likeness (QED) is 0.330. The van der Waals surface area contributed by atoms with E-state index in [9.17, 15) is 10.2 Å². The van der Waals surface area contributed by atoms with Crippen molar-refractivity contribution >= 4 is 0 Å². The van der Waals surface area contributed by atoms with Crippen LogP contribution in [-0.2, 0) is 9.47 Å². The van der Waals surface area contributed by atoms with E-state index in [0.29, 0.717) is 6.61 Å². The second-order valence-electron chi connectivity index (χ2n) is 3.36. The molecule has 3 N–H and O–H groups in total. The number of hydrogen-bond acceptors (Lipinski definition) is 6. The first kappa shape index (κ1) is 13.2. The van der Waals surface area contributed by atoms with Gasteiger partial charge in [0.1, 0.15) is 18.2 Å². The highest BCUT2D eigenvalue weighted by molar-refractivity contribution is 4.93. The molecule has 8 heteroatoms. The Balaban J connectivity index is 2.83.